The highest BCUT2D eigenvalue weighted by atomic mass is 79.9. The van der Waals surface area contributed by atoms with E-state index < -0.39 is 17.5 Å². The summed E-state index contributed by atoms with van der Waals surface area (Å²) in [4.78, 5) is 22.0. The summed E-state index contributed by atoms with van der Waals surface area (Å²) in [6.07, 6.45) is 0.702. The van der Waals surface area contributed by atoms with E-state index in [0.717, 1.165) is 10.0 Å². The molecule has 0 aliphatic heterocycles. The van der Waals surface area contributed by atoms with Crippen molar-refractivity contribution in [1.82, 2.24) is 0 Å². The smallest absolute Gasteiger partial charge is 0.352 e. The van der Waals surface area contributed by atoms with Crippen LogP contribution in [-0.4, -0.2) is 17.0 Å². The zero-order valence-corrected chi connectivity index (χ0v) is 10.5. The van der Waals surface area contributed by atoms with Gasteiger partial charge in [0, 0.05) is 10.7 Å². The number of carbonyl (C=O) groups excluding carboxylic acids is 1. The molecule has 0 aliphatic carbocycles. The van der Waals surface area contributed by atoms with Crippen LogP contribution >= 0.6 is 15.9 Å². The van der Waals surface area contributed by atoms with Crippen molar-refractivity contribution in [3.05, 3.63) is 40.0 Å². The zero-order chi connectivity index (χ0) is 13.0. The second-order valence-electron chi connectivity index (χ2n) is 3.19. The van der Waals surface area contributed by atoms with Gasteiger partial charge in [-0.1, -0.05) is 22.0 Å². The first-order valence-electron chi connectivity index (χ1n) is 4.59. The lowest BCUT2D eigenvalue weighted by atomic mass is 10.2. The summed E-state index contributed by atoms with van der Waals surface area (Å²) >= 11 is 3.27. The van der Waals surface area contributed by atoms with Crippen molar-refractivity contribution < 1.29 is 19.4 Å². The van der Waals surface area contributed by atoms with Crippen molar-refractivity contribution in [3.8, 4) is 5.75 Å². The SMILES string of the molecule is Cc1ccc(OC(=O)C(=CN)C(=O)O)cc1Br. The Kier molecular flexibility index (Phi) is 4.28. The standard InChI is InChI=1S/C11H10BrNO4/c1-6-2-3-7(4-9(6)12)17-11(16)8(5-13)10(14)15/h2-5H,13H2,1H3,(H,14,15). The quantitative estimate of drug-likeness (QED) is 0.291. The van der Waals surface area contributed by atoms with E-state index in [9.17, 15) is 9.59 Å². The summed E-state index contributed by atoms with van der Waals surface area (Å²) in [5, 5.41) is 8.66. The maximum absolute atomic E-state index is 11.4. The van der Waals surface area contributed by atoms with Gasteiger partial charge in [-0.15, -0.1) is 0 Å². The number of benzene rings is 1. The van der Waals surface area contributed by atoms with Gasteiger partial charge in [0.1, 0.15) is 5.75 Å². The predicted octanol–water partition coefficient (Wildman–Crippen LogP) is 1.59. The van der Waals surface area contributed by atoms with E-state index in [-0.39, 0.29) is 5.75 Å². The van der Waals surface area contributed by atoms with Crippen molar-refractivity contribution in [3.63, 3.8) is 0 Å². The lowest BCUT2D eigenvalue weighted by Gasteiger charge is -2.05. The molecule has 90 valence electrons. The van der Waals surface area contributed by atoms with Crippen molar-refractivity contribution in [2.24, 2.45) is 5.73 Å². The number of halogens is 1. The lowest BCUT2D eigenvalue weighted by molar-refractivity contribution is -0.138. The van der Waals surface area contributed by atoms with Crippen LogP contribution in [-0.2, 0) is 9.59 Å². The molecule has 3 N–H and O–H groups in total. The number of rotatable bonds is 3. The lowest BCUT2D eigenvalue weighted by Crippen LogP contribution is -2.19. The minimum atomic E-state index is -1.43. The average molecular weight is 300 g/mol. The van der Waals surface area contributed by atoms with Crippen molar-refractivity contribution in [2.45, 2.75) is 6.92 Å². The second-order valence-corrected chi connectivity index (χ2v) is 4.04. The summed E-state index contributed by atoms with van der Waals surface area (Å²) in [6, 6.07) is 4.87. The van der Waals surface area contributed by atoms with E-state index in [1.54, 1.807) is 18.2 Å². The second kappa shape index (κ2) is 5.49. The van der Waals surface area contributed by atoms with E-state index >= 15 is 0 Å². The van der Waals surface area contributed by atoms with Gasteiger partial charge in [0.15, 0.2) is 5.57 Å². The first-order chi connectivity index (χ1) is 7.95. The topological polar surface area (TPSA) is 89.6 Å². The van der Waals surface area contributed by atoms with Crippen LogP contribution < -0.4 is 10.5 Å². The van der Waals surface area contributed by atoms with Crippen molar-refractivity contribution in [2.75, 3.05) is 0 Å². The molecular formula is C11H10BrNO4. The van der Waals surface area contributed by atoms with Gasteiger partial charge in [0.25, 0.3) is 0 Å². The van der Waals surface area contributed by atoms with Crippen LogP contribution in [0.1, 0.15) is 5.56 Å². The van der Waals surface area contributed by atoms with E-state index in [2.05, 4.69) is 15.9 Å². The number of ether oxygens (including phenoxy) is 1. The van der Waals surface area contributed by atoms with Gasteiger partial charge in [0.05, 0.1) is 0 Å². The molecule has 0 aliphatic rings. The molecule has 17 heavy (non-hydrogen) atoms. The molecule has 0 saturated carbocycles. The molecule has 0 radical (unpaired) electrons. The Bertz CT molecular complexity index is 496. The third-order valence-corrected chi connectivity index (χ3v) is 2.83. The average Bonchev–Trinajstić information content (AvgIpc) is 2.24. The van der Waals surface area contributed by atoms with E-state index in [1.807, 2.05) is 6.92 Å². The molecule has 0 atom stereocenters. The van der Waals surface area contributed by atoms with Gasteiger partial charge < -0.3 is 15.6 Å². The Morgan fingerprint density at radius 1 is 1.47 bits per heavy atom. The molecule has 0 spiro atoms. The Balaban J connectivity index is 2.88. The van der Waals surface area contributed by atoms with Crippen LogP contribution in [0.15, 0.2) is 34.4 Å². The fraction of sp³-hybridized carbons (Fsp3) is 0.0909. The molecule has 5 nitrogen and oxygen atoms in total. The minimum Gasteiger partial charge on any atom is -0.477 e. The highest BCUT2D eigenvalue weighted by Gasteiger charge is 2.19. The molecule has 1 rings (SSSR count). The number of carboxylic acids is 1. The maximum atomic E-state index is 11.4. The largest absolute Gasteiger partial charge is 0.477 e. The van der Waals surface area contributed by atoms with Gasteiger partial charge in [-0.2, -0.15) is 0 Å². The van der Waals surface area contributed by atoms with Crippen molar-refractivity contribution in [1.29, 1.82) is 0 Å². The highest BCUT2D eigenvalue weighted by molar-refractivity contribution is 9.10. The van der Waals surface area contributed by atoms with Gasteiger partial charge >= 0.3 is 11.9 Å². The number of hydrogen-bond donors (Lipinski definition) is 2. The van der Waals surface area contributed by atoms with E-state index in [0.29, 0.717) is 6.20 Å². The van der Waals surface area contributed by atoms with Crippen LogP contribution in [0.2, 0.25) is 0 Å². The van der Waals surface area contributed by atoms with Crippen LogP contribution in [0.5, 0.6) is 5.75 Å². The fourth-order valence-electron chi connectivity index (χ4n) is 1.03. The van der Waals surface area contributed by atoms with Crippen LogP contribution in [0.3, 0.4) is 0 Å². The molecule has 1 aromatic rings. The van der Waals surface area contributed by atoms with Crippen molar-refractivity contribution >= 4 is 27.9 Å². The predicted molar refractivity (Wildman–Crippen MR) is 64.4 cm³/mol. The molecule has 0 bridgehead atoms. The Morgan fingerprint density at radius 2 is 2.12 bits per heavy atom. The molecule has 1 aromatic carbocycles. The van der Waals surface area contributed by atoms with Crippen LogP contribution in [0, 0.1) is 6.92 Å². The normalized spacial score (nSPS) is 11.1. The number of aliphatic carboxylic acids is 1. The monoisotopic (exact) mass is 299 g/mol. The Labute approximate surface area is 106 Å². The third kappa shape index (κ3) is 3.32. The molecular weight excluding hydrogens is 290 g/mol. The molecule has 6 heteroatoms. The zero-order valence-electron chi connectivity index (χ0n) is 8.94. The van der Waals surface area contributed by atoms with Gasteiger partial charge in [-0.05, 0) is 24.6 Å². The molecule has 0 aromatic heterocycles. The van der Waals surface area contributed by atoms with Gasteiger partial charge in [-0.3, -0.25) is 0 Å². The molecule has 0 amide bonds. The summed E-state index contributed by atoms with van der Waals surface area (Å²) in [7, 11) is 0. The first kappa shape index (κ1) is 13.2. The fourth-order valence-corrected chi connectivity index (χ4v) is 1.38. The number of esters is 1. The summed E-state index contributed by atoms with van der Waals surface area (Å²) < 4.78 is 5.63. The van der Waals surface area contributed by atoms with Crippen LogP contribution in [0.4, 0.5) is 0 Å². The number of hydrogen-bond acceptors (Lipinski definition) is 4. The molecule has 0 fully saturated rings. The summed E-state index contributed by atoms with van der Waals surface area (Å²) in [6.45, 7) is 1.87. The molecule has 0 heterocycles. The number of carbonyl (C=O) groups is 2. The van der Waals surface area contributed by atoms with Crippen LogP contribution in [0.25, 0.3) is 0 Å². The number of aryl methyl sites for hydroxylation is 1. The first-order valence-corrected chi connectivity index (χ1v) is 5.38. The van der Waals surface area contributed by atoms with E-state index in [1.165, 1.54) is 0 Å². The Morgan fingerprint density at radius 3 is 2.59 bits per heavy atom. The maximum Gasteiger partial charge on any atom is 0.352 e. The molecule has 0 unspecified atom stereocenters. The van der Waals surface area contributed by atoms with Gasteiger partial charge in [0.2, 0.25) is 0 Å². The highest BCUT2D eigenvalue weighted by Crippen LogP contribution is 2.22. The number of carboxylic acid groups (broad SMARTS) is 1. The van der Waals surface area contributed by atoms with Gasteiger partial charge in [-0.25, -0.2) is 9.59 Å². The summed E-state index contributed by atoms with van der Waals surface area (Å²) in [5.41, 5.74) is 5.39. The van der Waals surface area contributed by atoms with E-state index in [4.69, 9.17) is 15.6 Å². The third-order valence-electron chi connectivity index (χ3n) is 1.97. The summed E-state index contributed by atoms with van der Waals surface area (Å²) in [5.74, 6) is -2.19. The minimum absolute atomic E-state index is 0.244. The molecule has 0 saturated heterocycles. The Hall–Kier alpha value is -1.82. The number of nitrogens with two attached hydrogens (primary N) is 1.